The van der Waals surface area contributed by atoms with Gasteiger partial charge in [-0.1, -0.05) is 18.2 Å². The molecule has 0 fully saturated rings. The molecule has 2 amide bonds. The quantitative estimate of drug-likeness (QED) is 0.778. The van der Waals surface area contributed by atoms with Crippen LogP contribution in [0.25, 0.3) is 0 Å². The largest absolute Gasteiger partial charge is 0.486 e. The molecule has 0 aliphatic carbocycles. The molecule has 0 spiro atoms. The molecule has 0 aromatic heterocycles. The van der Waals surface area contributed by atoms with Crippen LogP contribution in [0.2, 0.25) is 0 Å². The number of anilines is 1. The summed E-state index contributed by atoms with van der Waals surface area (Å²) in [6, 6.07) is 12.9. The van der Waals surface area contributed by atoms with Gasteiger partial charge in [0, 0.05) is 7.05 Å². The van der Waals surface area contributed by atoms with Crippen molar-refractivity contribution in [3.05, 3.63) is 48.0 Å². The number of ether oxygens (including phenoxy) is 3. The Bertz CT molecular complexity index is 948. The number of hydrogen-bond donors (Lipinski definition) is 2. The van der Waals surface area contributed by atoms with Gasteiger partial charge in [0.15, 0.2) is 17.6 Å². The van der Waals surface area contributed by atoms with Crippen molar-refractivity contribution in [1.29, 1.82) is 0 Å². The monoisotopic (exact) mass is 411 g/mol. The first-order chi connectivity index (χ1) is 14.5. The molecule has 8 heteroatoms. The van der Waals surface area contributed by atoms with E-state index in [1.165, 1.54) is 0 Å². The third-order valence-corrected chi connectivity index (χ3v) is 5.18. The van der Waals surface area contributed by atoms with Gasteiger partial charge in [-0.2, -0.15) is 0 Å². The lowest BCUT2D eigenvalue weighted by atomic mass is 10.1. The highest BCUT2D eigenvalue weighted by molar-refractivity contribution is 5.86. The summed E-state index contributed by atoms with van der Waals surface area (Å²) < 4.78 is 17.0. The van der Waals surface area contributed by atoms with E-state index >= 15 is 0 Å². The molecule has 0 radical (unpaired) electrons. The van der Waals surface area contributed by atoms with Crippen LogP contribution in [0.1, 0.15) is 18.5 Å². The van der Waals surface area contributed by atoms with Crippen molar-refractivity contribution < 1.29 is 23.8 Å². The van der Waals surface area contributed by atoms with Gasteiger partial charge in [0.05, 0.1) is 24.8 Å². The average molecular weight is 411 g/mol. The van der Waals surface area contributed by atoms with Gasteiger partial charge in [0.2, 0.25) is 5.91 Å². The minimum absolute atomic E-state index is 0.114. The van der Waals surface area contributed by atoms with Gasteiger partial charge in [-0.25, -0.2) is 0 Å². The molecule has 4 rings (SSSR count). The van der Waals surface area contributed by atoms with E-state index < -0.39 is 6.10 Å². The summed E-state index contributed by atoms with van der Waals surface area (Å²) >= 11 is 0. The van der Waals surface area contributed by atoms with E-state index in [9.17, 15) is 9.59 Å². The molecule has 2 aromatic carbocycles. The van der Waals surface area contributed by atoms with E-state index in [4.69, 9.17) is 14.2 Å². The Kier molecular flexibility index (Phi) is 5.65. The molecule has 2 heterocycles. The summed E-state index contributed by atoms with van der Waals surface area (Å²) in [4.78, 5) is 26.8. The van der Waals surface area contributed by atoms with Crippen LogP contribution in [-0.4, -0.2) is 51.3 Å². The standard InChI is InChI=1S/C22H25N3O5/c1-14(15-7-8-18-19(11-15)29-10-9-28-18)24-21(26)13-25-12-20(22(27)23-2)30-17-6-4-3-5-16(17)25/h3-8,11,14,20H,9-10,12-13H2,1-2H3,(H,23,27)(H,24,26)/t14-,20+/m0/s1. The Labute approximate surface area is 175 Å². The summed E-state index contributed by atoms with van der Waals surface area (Å²) in [6.45, 7) is 3.38. The number of rotatable bonds is 5. The number of benzene rings is 2. The number of amides is 2. The van der Waals surface area contributed by atoms with Crippen molar-refractivity contribution >= 4 is 17.5 Å². The van der Waals surface area contributed by atoms with E-state index in [2.05, 4.69) is 10.6 Å². The summed E-state index contributed by atoms with van der Waals surface area (Å²) in [5.41, 5.74) is 1.72. The third kappa shape index (κ3) is 4.12. The Balaban J connectivity index is 1.44. The van der Waals surface area contributed by atoms with E-state index in [0.29, 0.717) is 37.0 Å². The van der Waals surface area contributed by atoms with Gasteiger partial charge in [-0.15, -0.1) is 0 Å². The number of nitrogens with one attached hydrogen (secondary N) is 2. The highest BCUT2D eigenvalue weighted by Crippen LogP contribution is 2.34. The lowest BCUT2D eigenvalue weighted by molar-refractivity contribution is -0.127. The normalized spacial score (nSPS) is 17.9. The Morgan fingerprint density at radius 2 is 1.87 bits per heavy atom. The summed E-state index contributed by atoms with van der Waals surface area (Å²) in [6.07, 6.45) is -0.673. The molecule has 0 bridgehead atoms. The van der Waals surface area contributed by atoms with E-state index in [1.54, 1.807) is 13.1 Å². The molecular weight excluding hydrogens is 386 g/mol. The number of likely N-dealkylation sites (N-methyl/N-ethyl adjacent to an activating group) is 1. The van der Waals surface area contributed by atoms with Crippen molar-refractivity contribution in [1.82, 2.24) is 10.6 Å². The second kappa shape index (κ2) is 8.52. The maximum absolute atomic E-state index is 12.8. The predicted molar refractivity (Wildman–Crippen MR) is 111 cm³/mol. The Morgan fingerprint density at radius 3 is 2.67 bits per heavy atom. The van der Waals surface area contributed by atoms with Crippen LogP contribution in [0.3, 0.4) is 0 Å². The molecule has 0 unspecified atom stereocenters. The second-order valence-electron chi connectivity index (χ2n) is 7.26. The van der Waals surface area contributed by atoms with Crippen LogP contribution in [0.4, 0.5) is 5.69 Å². The minimum Gasteiger partial charge on any atom is -0.486 e. The smallest absolute Gasteiger partial charge is 0.262 e. The predicted octanol–water partition coefficient (Wildman–Crippen LogP) is 1.65. The summed E-state index contributed by atoms with van der Waals surface area (Å²) in [5, 5.41) is 5.63. The maximum Gasteiger partial charge on any atom is 0.262 e. The van der Waals surface area contributed by atoms with E-state index in [-0.39, 0.29) is 24.4 Å². The highest BCUT2D eigenvalue weighted by atomic mass is 16.6. The minimum atomic E-state index is -0.673. The van der Waals surface area contributed by atoms with Crippen LogP contribution in [-0.2, 0) is 9.59 Å². The molecule has 2 aliphatic heterocycles. The van der Waals surface area contributed by atoms with Crippen LogP contribution in [0.15, 0.2) is 42.5 Å². The summed E-state index contributed by atoms with van der Waals surface area (Å²) in [5.74, 6) is 1.62. The van der Waals surface area contributed by atoms with Gasteiger partial charge in [0.25, 0.3) is 5.91 Å². The summed E-state index contributed by atoms with van der Waals surface area (Å²) in [7, 11) is 1.57. The molecule has 2 aromatic rings. The molecular formula is C22H25N3O5. The first-order valence-electron chi connectivity index (χ1n) is 9.96. The van der Waals surface area contributed by atoms with E-state index in [1.807, 2.05) is 48.2 Å². The molecule has 2 N–H and O–H groups in total. The molecule has 0 saturated carbocycles. The maximum atomic E-state index is 12.8. The zero-order chi connectivity index (χ0) is 21.1. The van der Waals surface area contributed by atoms with Crippen molar-refractivity contribution in [2.45, 2.75) is 19.1 Å². The van der Waals surface area contributed by atoms with Crippen molar-refractivity contribution in [2.75, 3.05) is 38.3 Å². The number of carbonyl (C=O) groups excluding carboxylic acids is 2. The first-order valence-corrected chi connectivity index (χ1v) is 9.96. The number of fused-ring (bicyclic) bond motifs is 2. The number of carbonyl (C=O) groups is 2. The lowest BCUT2D eigenvalue weighted by Gasteiger charge is -2.35. The molecule has 8 nitrogen and oxygen atoms in total. The van der Waals surface area contributed by atoms with Crippen LogP contribution in [0, 0.1) is 0 Å². The average Bonchev–Trinajstić information content (AvgIpc) is 2.78. The topological polar surface area (TPSA) is 89.1 Å². The van der Waals surface area contributed by atoms with E-state index in [0.717, 1.165) is 11.3 Å². The van der Waals surface area contributed by atoms with Gasteiger partial charge in [-0.05, 0) is 36.8 Å². The number of para-hydroxylation sites is 2. The zero-order valence-corrected chi connectivity index (χ0v) is 17.0. The fourth-order valence-electron chi connectivity index (χ4n) is 3.63. The van der Waals surface area contributed by atoms with Crippen molar-refractivity contribution in [2.24, 2.45) is 0 Å². The Hall–Kier alpha value is -3.42. The fourth-order valence-corrected chi connectivity index (χ4v) is 3.63. The van der Waals surface area contributed by atoms with Crippen LogP contribution in [0.5, 0.6) is 17.2 Å². The van der Waals surface area contributed by atoms with Gasteiger partial charge in [-0.3, -0.25) is 9.59 Å². The first kappa shape index (κ1) is 19.9. The van der Waals surface area contributed by atoms with Gasteiger partial charge in [0.1, 0.15) is 19.0 Å². The van der Waals surface area contributed by atoms with Gasteiger partial charge < -0.3 is 29.7 Å². The molecule has 30 heavy (non-hydrogen) atoms. The molecule has 158 valence electrons. The number of hydrogen-bond acceptors (Lipinski definition) is 6. The van der Waals surface area contributed by atoms with Crippen LogP contribution >= 0.6 is 0 Å². The highest BCUT2D eigenvalue weighted by Gasteiger charge is 2.31. The fraction of sp³-hybridized carbons (Fsp3) is 0.364. The van der Waals surface area contributed by atoms with Crippen molar-refractivity contribution in [3.8, 4) is 17.2 Å². The van der Waals surface area contributed by atoms with Crippen LogP contribution < -0.4 is 29.7 Å². The molecule has 0 saturated heterocycles. The SMILES string of the molecule is CNC(=O)[C@H]1CN(CC(=O)N[C@@H](C)c2ccc3c(c2)OCCO3)c2ccccc2O1. The number of nitrogens with zero attached hydrogens (tertiary/aromatic N) is 1. The second-order valence-corrected chi connectivity index (χ2v) is 7.26. The third-order valence-electron chi connectivity index (χ3n) is 5.18. The molecule has 2 atom stereocenters. The lowest BCUT2D eigenvalue weighted by Crippen LogP contribution is -2.50. The van der Waals surface area contributed by atoms with Gasteiger partial charge >= 0.3 is 0 Å². The Morgan fingerprint density at radius 1 is 1.10 bits per heavy atom. The molecule has 2 aliphatic rings. The van der Waals surface area contributed by atoms with Crippen molar-refractivity contribution in [3.63, 3.8) is 0 Å². The zero-order valence-electron chi connectivity index (χ0n) is 17.0.